The number of aromatic nitrogens is 1. The number of hydrogen-bond donors (Lipinski definition) is 0. The molecule has 3 nitrogen and oxygen atoms in total. The Bertz CT molecular complexity index is 989. The molecule has 0 bridgehead atoms. The van der Waals surface area contributed by atoms with Gasteiger partial charge < -0.3 is 4.90 Å². The molecule has 3 rings (SSSR count). The van der Waals surface area contributed by atoms with Crippen molar-refractivity contribution in [1.82, 2.24) is 4.98 Å². The van der Waals surface area contributed by atoms with Crippen LogP contribution in [0.5, 0.6) is 0 Å². The normalized spacial score (nSPS) is 11.3. The van der Waals surface area contributed by atoms with E-state index in [4.69, 9.17) is 4.98 Å². The summed E-state index contributed by atoms with van der Waals surface area (Å²) < 4.78 is 0. The van der Waals surface area contributed by atoms with Crippen molar-refractivity contribution in [2.75, 3.05) is 19.0 Å². The van der Waals surface area contributed by atoms with Crippen LogP contribution in [0.15, 0.2) is 47.8 Å². The molecule has 2 aromatic carbocycles. The molecule has 26 heavy (non-hydrogen) atoms. The Morgan fingerprint density at radius 2 is 1.85 bits per heavy atom. The van der Waals surface area contributed by atoms with Gasteiger partial charge in [-0.25, -0.2) is 4.98 Å². The predicted octanol–water partition coefficient (Wildman–Crippen LogP) is 5.56. The van der Waals surface area contributed by atoms with E-state index < -0.39 is 0 Å². The second-order valence-electron chi connectivity index (χ2n) is 6.51. The number of benzene rings is 2. The zero-order valence-corrected chi connectivity index (χ0v) is 16.3. The lowest BCUT2D eigenvalue weighted by molar-refractivity contribution is 1.13. The number of rotatable bonds is 4. The first-order chi connectivity index (χ1) is 12.5. The third-order valence-electron chi connectivity index (χ3n) is 4.23. The average Bonchev–Trinajstić information content (AvgIpc) is 3.09. The number of allylic oxidation sites excluding steroid dienone is 1. The van der Waals surface area contributed by atoms with Gasteiger partial charge in [0.2, 0.25) is 0 Å². The molecule has 1 heterocycles. The summed E-state index contributed by atoms with van der Waals surface area (Å²) in [5.74, 6) is 0. The lowest BCUT2D eigenvalue weighted by atomic mass is 10.0. The third-order valence-corrected chi connectivity index (χ3v) is 5.11. The number of anilines is 1. The van der Waals surface area contributed by atoms with Gasteiger partial charge in [-0.3, -0.25) is 0 Å². The predicted molar refractivity (Wildman–Crippen MR) is 111 cm³/mol. The first kappa shape index (κ1) is 17.9. The molecule has 0 fully saturated rings. The Kier molecular flexibility index (Phi) is 5.20. The van der Waals surface area contributed by atoms with Gasteiger partial charge in [0.15, 0.2) is 0 Å². The summed E-state index contributed by atoms with van der Waals surface area (Å²) in [4.78, 5) is 6.75. The van der Waals surface area contributed by atoms with Crippen molar-refractivity contribution < 1.29 is 0 Å². The fourth-order valence-electron chi connectivity index (χ4n) is 2.80. The van der Waals surface area contributed by atoms with E-state index in [2.05, 4.69) is 43.0 Å². The maximum absolute atomic E-state index is 9.59. The molecule has 1 aromatic heterocycles. The Hall–Kier alpha value is -2.90. The average molecular weight is 359 g/mol. The van der Waals surface area contributed by atoms with Crippen molar-refractivity contribution in [3.63, 3.8) is 0 Å². The van der Waals surface area contributed by atoms with Crippen molar-refractivity contribution in [3.8, 4) is 17.3 Å². The molecule has 0 spiro atoms. The number of nitrogens with zero attached hydrogens (tertiary/aromatic N) is 3. The van der Waals surface area contributed by atoms with Crippen LogP contribution >= 0.6 is 11.3 Å². The van der Waals surface area contributed by atoms with E-state index in [-0.39, 0.29) is 0 Å². The van der Waals surface area contributed by atoms with E-state index in [0.717, 1.165) is 27.5 Å². The van der Waals surface area contributed by atoms with Crippen molar-refractivity contribution in [3.05, 3.63) is 69.5 Å². The lowest BCUT2D eigenvalue weighted by Crippen LogP contribution is -2.07. The highest BCUT2D eigenvalue weighted by Gasteiger charge is 2.11. The summed E-state index contributed by atoms with van der Waals surface area (Å²) >= 11 is 1.51. The van der Waals surface area contributed by atoms with Gasteiger partial charge in [-0.1, -0.05) is 35.9 Å². The van der Waals surface area contributed by atoms with Crippen molar-refractivity contribution >= 4 is 28.7 Å². The zero-order valence-electron chi connectivity index (χ0n) is 15.4. The van der Waals surface area contributed by atoms with Gasteiger partial charge in [0, 0.05) is 30.7 Å². The molecule has 0 radical (unpaired) electrons. The van der Waals surface area contributed by atoms with Crippen LogP contribution in [0.25, 0.3) is 22.9 Å². The van der Waals surface area contributed by atoms with Gasteiger partial charge in [-0.15, -0.1) is 11.3 Å². The molecule has 0 aliphatic carbocycles. The standard InChI is InChI=1S/C22H21N3S/c1-15-5-10-20(16(2)11-15)21-14-26-22(24-21)18(13-23)12-17-6-8-19(9-7-17)25(3)4/h5-12,14H,1-4H3/b18-12+. The van der Waals surface area contributed by atoms with Crippen molar-refractivity contribution in [2.45, 2.75) is 13.8 Å². The minimum Gasteiger partial charge on any atom is -0.378 e. The topological polar surface area (TPSA) is 39.9 Å². The molecule has 0 amide bonds. The fraction of sp³-hybridized carbons (Fsp3) is 0.182. The van der Waals surface area contributed by atoms with Crippen LogP contribution in [0.4, 0.5) is 5.69 Å². The molecule has 3 aromatic rings. The second kappa shape index (κ2) is 7.55. The summed E-state index contributed by atoms with van der Waals surface area (Å²) in [5.41, 5.74) is 7.19. The van der Waals surface area contributed by atoms with E-state index in [1.807, 2.05) is 49.8 Å². The molecule has 130 valence electrons. The van der Waals surface area contributed by atoms with Crippen molar-refractivity contribution in [2.24, 2.45) is 0 Å². The number of aryl methyl sites for hydroxylation is 2. The van der Waals surface area contributed by atoms with E-state index in [1.54, 1.807) is 0 Å². The minimum atomic E-state index is 0.587. The Labute approximate surface area is 158 Å². The van der Waals surface area contributed by atoms with Gasteiger partial charge in [0.05, 0.1) is 11.3 Å². The molecule has 0 aliphatic rings. The third kappa shape index (κ3) is 3.84. The van der Waals surface area contributed by atoms with Gasteiger partial charge in [0.25, 0.3) is 0 Å². The molecule has 0 saturated carbocycles. The Morgan fingerprint density at radius 3 is 2.46 bits per heavy atom. The van der Waals surface area contributed by atoms with E-state index in [9.17, 15) is 5.26 Å². The number of nitriles is 1. The Morgan fingerprint density at radius 1 is 1.12 bits per heavy atom. The summed E-state index contributed by atoms with van der Waals surface area (Å²) in [6.07, 6.45) is 1.89. The first-order valence-electron chi connectivity index (χ1n) is 8.40. The highest BCUT2D eigenvalue weighted by Crippen LogP contribution is 2.29. The van der Waals surface area contributed by atoms with Crippen LogP contribution in [-0.4, -0.2) is 19.1 Å². The van der Waals surface area contributed by atoms with E-state index >= 15 is 0 Å². The van der Waals surface area contributed by atoms with Crippen LogP contribution in [-0.2, 0) is 0 Å². The maximum Gasteiger partial charge on any atom is 0.134 e. The molecule has 0 aliphatic heterocycles. The number of hydrogen-bond acceptors (Lipinski definition) is 4. The van der Waals surface area contributed by atoms with Crippen molar-refractivity contribution in [1.29, 1.82) is 5.26 Å². The summed E-state index contributed by atoms with van der Waals surface area (Å²) in [6, 6.07) is 16.8. The Balaban J connectivity index is 1.92. The monoisotopic (exact) mass is 359 g/mol. The highest BCUT2D eigenvalue weighted by molar-refractivity contribution is 7.11. The summed E-state index contributed by atoms with van der Waals surface area (Å²) in [6.45, 7) is 4.18. The lowest BCUT2D eigenvalue weighted by Gasteiger charge is -2.11. The summed E-state index contributed by atoms with van der Waals surface area (Å²) in [5, 5.41) is 12.4. The fourth-order valence-corrected chi connectivity index (χ4v) is 3.58. The van der Waals surface area contributed by atoms with Gasteiger partial charge >= 0.3 is 0 Å². The van der Waals surface area contributed by atoms with E-state index in [1.165, 1.54) is 22.5 Å². The second-order valence-corrected chi connectivity index (χ2v) is 7.37. The molecule has 4 heteroatoms. The van der Waals surface area contributed by atoms with Crippen LogP contribution in [0, 0.1) is 25.2 Å². The molecule has 0 atom stereocenters. The van der Waals surface area contributed by atoms with Gasteiger partial charge in [-0.2, -0.15) is 5.26 Å². The molecule has 0 saturated heterocycles. The summed E-state index contributed by atoms with van der Waals surface area (Å²) in [7, 11) is 4.02. The van der Waals surface area contributed by atoms with Crippen LogP contribution < -0.4 is 4.90 Å². The molecular weight excluding hydrogens is 338 g/mol. The molecule has 0 N–H and O–H groups in total. The number of thiazole rings is 1. The first-order valence-corrected chi connectivity index (χ1v) is 9.28. The van der Waals surface area contributed by atoms with E-state index in [0.29, 0.717) is 5.57 Å². The van der Waals surface area contributed by atoms with Gasteiger partial charge in [0.1, 0.15) is 11.1 Å². The largest absolute Gasteiger partial charge is 0.378 e. The molecule has 0 unspecified atom stereocenters. The highest BCUT2D eigenvalue weighted by atomic mass is 32.1. The molecular formula is C22H21N3S. The van der Waals surface area contributed by atoms with Gasteiger partial charge in [-0.05, 0) is 43.2 Å². The minimum absolute atomic E-state index is 0.587. The smallest absolute Gasteiger partial charge is 0.134 e. The maximum atomic E-state index is 9.59. The quantitative estimate of drug-likeness (QED) is 0.573. The SMILES string of the molecule is Cc1ccc(-c2csc(/C(C#N)=C/c3ccc(N(C)C)cc3)n2)c(C)c1. The van der Waals surface area contributed by atoms with Crippen LogP contribution in [0.1, 0.15) is 21.7 Å². The zero-order chi connectivity index (χ0) is 18.7. The van der Waals surface area contributed by atoms with Crippen LogP contribution in [0.2, 0.25) is 0 Å². The van der Waals surface area contributed by atoms with Crippen LogP contribution in [0.3, 0.4) is 0 Å².